The fourth-order valence-corrected chi connectivity index (χ4v) is 0.966. The highest BCUT2D eigenvalue weighted by molar-refractivity contribution is 5.83. The summed E-state index contributed by atoms with van der Waals surface area (Å²) in [6.07, 6.45) is -0.149. The normalized spacial score (nSPS) is 10.6. The van der Waals surface area contributed by atoms with Gasteiger partial charge < -0.3 is 21.5 Å². The number of primary amides is 1. The molecule has 0 saturated heterocycles. The van der Waals surface area contributed by atoms with E-state index in [1.54, 1.807) is 6.92 Å². The molecule has 1 atom stereocenters. The van der Waals surface area contributed by atoms with Gasteiger partial charge in [-0.05, 0) is 13.3 Å². The van der Waals surface area contributed by atoms with Gasteiger partial charge in [0, 0.05) is 6.42 Å². The van der Waals surface area contributed by atoms with E-state index >= 15 is 0 Å². The Morgan fingerprint density at radius 2 is 2.06 bits per heavy atom. The number of rotatable bonds is 6. The molecule has 0 aliphatic heterocycles. The second-order valence-electron chi connectivity index (χ2n) is 3.15. The quantitative estimate of drug-likeness (QED) is 0.447. The Balaban J connectivity index is 4.13. The van der Waals surface area contributed by atoms with Crippen LogP contribution >= 0.6 is 0 Å². The van der Waals surface area contributed by atoms with Crippen molar-refractivity contribution in [3.63, 3.8) is 0 Å². The Morgan fingerprint density at radius 3 is 2.53 bits per heavy atom. The molecule has 7 nitrogen and oxygen atoms in total. The van der Waals surface area contributed by atoms with Gasteiger partial charge in [0.2, 0.25) is 5.91 Å². The van der Waals surface area contributed by atoms with Crippen molar-refractivity contribution in [3.8, 4) is 11.8 Å². The van der Waals surface area contributed by atoms with E-state index in [9.17, 15) is 14.4 Å². The van der Waals surface area contributed by atoms with Gasteiger partial charge in [-0.3, -0.25) is 4.79 Å². The number of carboxylic acid groups (broad SMARTS) is 1. The number of hydrogen-bond acceptors (Lipinski definition) is 3. The molecule has 0 aliphatic rings. The third-order valence-corrected chi connectivity index (χ3v) is 1.80. The summed E-state index contributed by atoms with van der Waals surface area (Å²) in [6, 6.07) is -1.79. The smallest absolute Gasteiger partial charge is 0.326 e. The maximum atomic E-state index is 11.2. The van der Waals surface area contributed by atoms with Crippen molar-refractivity contribution in [2.75, 3.05) is 6.54 Å². The summed E-state index contributed by atoms with van der Waals surface area (Å²) in [6.45, 7) is 1.75. The molecular weight excluding hydrogens is 226 g/mol. The second kappa shape index (κ2) is 7.98. The predicted molar refractivity (Wildman–Crippen MR) is 59.8 cm³/mol. The van der Waals surface area contributed by atoms with Crippen molar-refractivity contribution in [2.24, 2.45) is 5.73 Å². The van der Waals surface area contributed by atoms with Crippen LogP contribution in [0.5, 0.6) is 0 Å². The van der Waals surface area contributed by atoms with E-state index in [0.29, 0.717) is 0 Å². The molecule has 17 heavy (non-hydrogen) atoms. The number of carbonyl (C=O) groups is 3. The first-order valence-electron chi connectivity index (χ1n) is 4.92. The molecule has 0 spiro atoms. The van der Waals surface area contributed by atoms with Gasteiger partial charge in [0.15, 0.2) is 0 Å². The lowest BCUT2D eigenvalue weighted by Gasteiger charge is -2.13. The zero-order valence-corrected chi connectivity index (χ0v) is 9.45. The van der Waals surface area contributed by atoms with Crippen molar-refractivity contribution in [1.29, 1.82) is 0 Å². The zero-order valence-electron chi connectivity index (χ0n) is 9.45. The van der Waals surface area contributed by atoms with E-state index in [1.807, 2.05) is 0 Å². The summed E-state index contributed by atoms with van der Waals surface area (Å²) < 4.78 is 0. The third kappa shape index (κ3) is 7.67. The first-order chi connectivity index (χ1) is 7.97. The molecular formula is C10H15N3O4. The fraction of sp³-hybridized carbons (Fsp3) is 0.500. The lowest BCUT2D eigenvalue weighted by Crippen LogP contribution is -2.46. The number of aliphatic carboxylic acids is 1. The Labute approximate surface area is 98.7 Å². The molecule has 0 heterocycles. The predicted octanol–water partition coefficient (Wildman–Crippen LogP) is -0.972. The van der Waals surface area contributed by atoms with E-state index in [-0.39, 0.29) is 19.4 Å². The highest BCUT2D eigenvalue weighted by Gasteiger charge is 2.19. The molecule has 0 bridgehead atoms. The van der Waals surface area contributed by atoms with Crippen LogP contribution in [0.1, 0.15) is 19.8 Å². The maximum Gasteiger partial charge on any atom is 0.326 e. The van der Waals surface area contributed by atoms with Crippen LogP contribution in [0.25, 0.3) is 0 Å². The minimum Gasteiger partial charge on any atom is -0.480 e. The molecule has 0 fully saturated rings. The molecule has 0 saturated carbocycles. The SMILES string of the molecule is CC#CCNC(=O)NC(CCC(N)=O)C(=O)O. The highest BCUT2D eigenvalue weighted by Crippen LogP contribution is 1.97. The van der Waals surface area contributed by atoms with Gasteiger partial charge >= 0.3 is 12.0 Å². The summed E-state index contributed by atoms with van der Waals surface area (Å²) in [4.78, 5) is 32.5. The summed E-state index contributed by atoms with van der Waals surface area (Å²) in [5.74, 6) is 3.32. The summed E-state index contributed by atoms with van der Waals surface area (Å²) in [5.41, 5.74) is 4.89. The number of nitrogens with two attached hydrogens (primary N) is 1. The third-order valence-electron chi connectivity index (χ3n) is 1.80. The van der Waals surface area contributed by atoms with Crippen molar-refractivity contribution >= 4 is 17.9 Å². The molecule has 5 N–H and O–H groups in total. The average Bonchev–Trinajstić information content (AvgIpc) is 2.23. The first kappa shape index (κ1) is 14.8. The molecule has 3 amide bonds. The second-order valence-corrected chi connectivity index (χ2v) is 3.15. The molecule has 0 aromatic heterocycles. The van der Waals surface area contributed by atoms with Crippen molar-refractivity contribution in [2.45, 2.75) is 25.8 Å². The minimum atomic E-state index is -1.22. The standard InChI is InChI=1S/C10H15N3O4/c1-2-3-6-12-10(17)13-7(9(15)16)4-5-8(11)14/h7H,4-6H2,1H3,(H2,11,14)(H,15,16)(H2,12,13,17). The lowest BCUT2D eigenvalue weighted by atomic mass is 10.1. The van der Waals surface area contributed by atoms with Crippen LogP contribution in [0.15, 0.2) is 0 Å². The van der Waals surface area contributed by atoms with Gasteiger partial charge in [0.05, 0.1) is 6.54 Å². The van der Waals surface area contributed by atoms with Crippen LogP contribution in [-0.4, -0.2) is 35.6 Å². The Hall–Kier alpha value is -2.23. The fourth-order valence-electron chi connectivity index (χ4n) is 0.966. The monoisotopic (exact) mass is 241 g/mol. The van der Waals surface area contributed by atoms with Gasteiger partial charge in [-0.1, -0.05) is 5.92 Å². The largest absolute Gasteiger partial charge is 0.480 e. The first-order valence-corrected chi connectivity index (χ1v) is 4.92. The summed E-state index contributed by atoms with van der Waals surface area (Å²) >= 11 is 0. The van der Waals surface area contributed by atoms with Gasteiger partial charge in [-0.2, -0.15) is 0 Å². The topological polar surface area (TPSA) is 122 Å². The van der Waals surface area contributed by atoms with E-state index in [1.165, 1.54) is 0 Å². The average molecular weight is 241 g/mol. The summed E-state index contributed by atoms with van der Waals surface area (Å²) in [5, 5.41) is 13.3. The number of hydrogen-bond donors (Lipinski definition) is 4. The van der Waals surface area contributed by atoms with Crippen LogP contribution in [-0.2, 0) is 9.59 Å². The van der Waals surface area contributed by atoms with Crippen molar-refractivity contribution < 1.29 is 19.5 Å². The molecule has 7 heteroatoms. The van der Waals surface area contributed by atoms with E-state index in [2.05, 4.69) is 22.5 Å². The van der Waals surface area contributed by atoms with Crippen molar-refractivity contribution in [1.82, 2.24) is 10.6 Å². The zero-order chi connectivity index (χ0) is 13.3. The lowest BCUT2D eigenvalue weighted by molar-refractivity contribution is -0.139. The van der Waals surface area contributed by atoms with Crippen LogP contribution in [0.2, 0.25) is 0 Å². The van der Waals surface area contributed by atoms with Gasteiger partial charge in [-0.15, -0.1) is 5.92 Å². The number of amides is 3. The Bertz CT molecular complexity index is 356. The van der Waals surface area contributed by atoms with Crippen LogP contribution < -0.4 is 16.4 Å². The van der Waals surface area contributed by atoms with Gasteiger partial charge in [0.1, 0.15) is 6.04 Å². The molecule has 1 unspecified atom stereocenters. The Morgan fingerprint density at radius 1 is 1.41 bits per heavy atom. The number of urea groups is 1. The summed E-state index contributed by atoms with van der Waals surface area (Å²) in [7, 11) is 0. The molecule has 0 rings (SSSR count). The minimum absolute atomic E-state index is 0.0441. The molecule has 0 aromatic carbocycles. The number of nitrogens with one attached hydrogen (secondary N) is 2. The van der Waals surface area contributed by atoms with Gasteiger partial charge in [0.25, 0.3) is 0 Å². The van der Waals surface area contributed by atoms with E-state index in [0.717, 1.165) is 0 Å². The molecule has 0 aromatic rings. The number of carboxylic acids is 1. The van der Waals surface area contributed by atoms with Crippen molar-refractivity contribution in [3.05, 3.63) is 0 Å². The van der Waals surface area contributed by atoms with Crippen LogP contribution in [0.3, 0.4) is 0 Å². The molecule has 94 valence electrons. The molecule has 0 aliphatic carbocycles. The van der Waals surface area contributed by atoms with Gasteiger partial charge in [-0.25, -0.2) is 9.59 Å². The number of carbonyl (C=O) groups excluding carboxylic acids is 2. The highest BCUT2D eigenvalue weighted by atomic mass is 16.4. The van der Waals surface area contributed by atoms with E-state index < -0.39 is 23.9 Å². The van der Waals surface area contributed by atoms with Crippen LogP contribution in [0.4, 0.5) is 4.79 Å². The molecule has 0 radical (unpaired) electrons. The maximum absolute atomic E-state index is 11.2. The van der Waals surface area contributed by atoms with E-state index in [4.69, 9.17) is 10.8 Å². The Kier molecular flexibility index (Phi) is 6.94. The van der Waals surface area contributed by atoms with Crippen LogP contribution in [0, 0.1) is 11.8 Å².